The minimum absolute atomic E-state index is 0.234. The summed E-state index contributed by atoms with van der Waals surface area (Å²) in [5.74, 6) is 0. The van der Waals surface area contributed by atoms with Gasteiger partial charge in [-0.25, -0.2) is 0 Å². The van der Waals surface area contributed by atoms with Crippen molar-refractivity contribution in [3.8, 4) is 0 Å². The summed E-state index contributed by atoms with van der Waals surface area (Å²) in [5, 5.41) is 3.88. The summed E-state index contributed by atoms with van der Waals surface area (Å²) in [6.45, 7) is 4.06. The average molecular weight is 236 g/mol. The Kier molecular flexibility index (Phi) is 2.48. The maximum atomic E-state index is 5.41. The number of hydrogen-bond donors (Lipinski definition) is 1. The summed E-state index contributed by atoms with van der Waals surface area (Å²) in [4.78, 5) is 2.73. The molecule has 78 valence electrons. The molecule has 15 heavy (non-hydrogen) atoms. The lowest BCUT2D eigenvalue weighted by Crippen LogP contribution is -2.39. The zero-order chi connectivity index (χ0) is 11.1. The molecule has 2 nitrogen and oxygen atoms in total. The van der Waals surface area contributed by atoms with E-state index in [9.17, 15) is 0 Å². The van der Waals surface area contributed by atoms with E-state index < -0.39 is 0 Å². The number of hydrogen-bond acceptors (Lipinski definition) is 2. The Bertz CT molecular complexity index is 412. The maximum absolute atomic E-state index is 5.41. The van der Waals surface area contributed by atoms with Crippen LogP contribution in [0.15, 0.2) is 30.3 Å². The molecular weight excluding hydrogens is 224 g/mol. The standard InChI is InChI=1S/C11H12N2S2/c1-11(2)9(14)13(10(15)12-11)8-6-4-3-5-7-8/h3-7H,1-2H3,(H,12,15). The summed E-state index contributed by atoms with van der Waals surface area (Å²) in [6, 6.07) is 9.94. The van der Waals surface area contributed by atoms with Crippen molar-refractivity contribution in [3.63, 3.8) is 0 Å². The van der Waals surface area contributed by atoms with E-state index in [1.54, 1.807) is 0 Å². The summed E-state index contributed by atoms with van der Waals surface area (Å²) in [6.07, 6.45) is 0. The van der Waals surface area contributed by atoms with Gasteiger partial charge in [-0.2, -0.15) is 0 Å². The molecule has 1 aliphatic rings. The van der Waals surface area contributed by atoms with Crippen LogP contribution in [0, 0.1) is 0 Å². The normalized spacial score (nSPS) is 19.2. The number of para-hydroxylation sites is 1. The lowest BCUT2D eigenvalue weighted by atomic mass is 10.1. The Labute approximate surface area is 100 Å². The molecule has 0 aromatic heterocycles. The lowest BCUT2D eigenvalue weighted by Gasteiger charge is -2.20. The molecule has 1 aliphatic heterocycles. The molecule has 1 aromatic carbocycles. The van der Waals surface area contributed by atoms with Crippen LogP contribution >= 0.6 is 24.4 Å². The molecule has 1 heterocycles. The van der Waals surface area contributed by atoms with Crippen molar-refractivity contribution in [2.24, 2.45) is 0 Å². The van der Waals surface area contributed by atoms with Gasteiger partial charge in [-0.15, -0.1) is 0 Å². The van der Waals surface area contributed by atoms with Gasteiger partial charge in [0, 0.05) is 5.69 Å². The molecule has 0 saturated carbocycles. The molecule has 0 aliphatic carbocycles. The zero-order valence-corrected chi connectivity index (χ0v) is 10.3. The first kappa shape index (κ1) is 10.5. The van der Waals surface area contributed by atoms with Crippen LogP contribution in [0.3, 0.4) is 0 Å². The molecule has 0 unspecified atom stereocenters. The van der Waals surface area contributed by atoms with Gasteiger partial charge >= 0.3 is 0 Å². The number of anilines is 1. The second-order valence-electron chi connectivity index (χ2n) is 4.03. The highest BCUT2D eigenvalue weighted by atomic mass is 32.1. The number of rotatable bonds is 1. The van der Waals surface area contributed by atoms with E-state index in [1.165, 1.54) is 0 Å². The topological polar surface area (TPSA) is 15.3 Å². The molecule has 4 heteroatoms. The summed E-state index contributed by atoms with van der Waals surface area (Å²) in [5.41, 5.74) is 0.785. The van der Waals surface area contributed by atoms with Gasteiger partial charge in [0.05, 0.1) is 5.54 Å². The maximum Gasteiger partial charge on any atom is 0.179 e. The fourth-order valence-corrected chi connectivity index (χ4v) is 2.32. The Morgan fingerprint density at radius 1 is 1.13 bits per heavy atom. The predicted octanol–water partition coefficient (Wildman–Crippen LogP) is 2.49. The van der Waals surface area contributed by atoms with Crippen molar-refractivity contribution in [1.29, 1.82) is 0 Å². The smallest absolute Gasteiger partial charge is 0.179 e. The Hall–Kier alpha value is -1.00. The highest BCUT2D eigenvalue weighted by molar-refractivity contribution is 7.83. The first-order chi connectivity index (χ1) is 7.02. The van der Waals surface area contributed by atoms with E-state index in [0.29, 0.717) is 5.11 Å². The fraction of sp³-hybridized carbons (Fsp3) is 0.273. The van der Waals surface area contributed by atoms with Gasteiger partial charge in [0.2, 0.25) is 0 Å². The van der Waals surface area contributed by atoms with E-state index in [1.807, 2.05) is 49.1 Å². The lowest BCUT2D eigenvalue weighted by molar-refractivity contribution is 0.647. The van der Waals surface area contributed by atoms with Gasteiger partial charge < -0.3 is 5.32 Å². The van der Waals surface area contributed by atoms with E-state index in [2.05, 4.69) is 5.32 Å². The molecule has 1 aromatic rings. The van der Waals surface area contributed by atoms with Crippen LogP contribution in [-0.4, -0.2) is 15.6 Å². The molecule has 1 N–H and O–H groups in total. The molecule has 1 fully saturated rings. The SMILES string of the molecule is CC1(C)NC(=S)N(c2ccccc2)C1=S. The van der Waals surface area contributed by atoms with Gasteiger partial charge in [-0.05, 0) is 38.2 Å². The van der Waals surface area contributed by atoms with Gasteiger partial charge in [-0.3, -0.25) is 4.90 Å². The summed E-state index contributed by atoms with van der Waals surface area (Å²) >= 11 is 10.7. The van der Waals surface area contributed by atoms with Crippen LogP contribution in [0.1, 0.15) is 13.8 Å². The number of nitrogens with zero attached hydrogens (tertiary/aromatic N) is 1. The first-order valence-electron chi connectivity index (χ1n) is 4.74. The minimum Gasteiger partial charge on any atom is -0.351 e. The highest BCUT2D eigenvalue weighted by Gasteiger charge is 2.38. The van der Waals surface area contributed by atoms with Crippen molar-refractivity contribution in [1.82, 2.24) is 5.32 Å². The highest BCUT2D eigenvalue weighted by Crippen LogP contribution is 2.25. The van der Waals surface area contributed by atoms with E-state index in [0.717, 1.165) is 10.7 Å². The fourth-order valence-electron chi connectivity index (χ4n) is 1.56. The number of benzene rings is 1. The van der Waals surface area contributed by atoms with Crippen LogP contribution in [0.4, 0.5) is 5.69 Å². The van der Waals surface area contributed by atoms with Gasteiger partial charge in [0.15, 0.2) is 5.11 Å². The average Bonchev–Trinajstić information content (AvgIpc) is 2.38. The number of thiocarbonyl (C=S) groups is 2. The Morgan fingerprint density at radius 3 is 2.20 bits per heavy atom. The van der Waals surface area contributed by atoms with Crippen molar-refractivity contribution >= 4 is 40.2 Å². The van der Waals surface area contributed by atoms with E-state index in [-0.39, 0.29) is 5.54 Å². The molecular formula is C11H12N2S2. The van der Waals surface area contributed by atoms with Crippen molar-refractivity contribution in [2.75, 3.05) is 4.90 Å². The van der Waals surface area contributed by atoms with Crippen LogP contribution in [0.25, 0.3) is 0 Å². The molecule has 0 radical (unpaired) electrons. The Balaban J connectivity index is 2.40. The first-order valence-corrected chi connectivity index (χ1v) is 5.56. The third-order valence-corrected chi connectivity index (χ3v) is 3.35. The number of nitrogens with one attached hydrogen (secondary N) is 1. The quantitative estimate of drug-likeness (QED) is 0.753. The van der Waals surface area contributed by atoms with Crippen molar-refractivity contribution in [3.05, 3.63) is 30.3 Å². The largest absolute Gasteiger partial charge is 0.351 e. The van der Waals surface area contributed by atoms with Crippen LogP contribution in [0.5, 0.6) is 0 Å². The summed E-state index contributed by atoms with van der Waals surface area (Å²) < 4.78 is 0. The third-order valence-electron chi connectivity index (χ3n) is 2.37. The molecule has 1 saturated heterocycles. The van der Waals surface area contributed by atoms with Gasteiger partial charge in [-0.1, -0.05) is 30.4 Å². The van der Waals surface area contributed by atoms with Gasteiger partial charge in [0.25, 0.3) is 0 Å². The minimum atomic E-state index is -0.234. The van der Waals surface area contributed by atoms with Crippen molar-refractivity contribution in [2.45, 2.75) is 19.4 Å². The molecule has 0 bridgehead atoms. The summed E-state index contributed by atoms with van der Waals surface area (Å²) in [7, 11) is 0. The molecule has 0 atom stereocenters. The predicted molar refractivity (Wildman–Crippen MR) is 71.3 cm³/mol. The van der Waals surface area contributed by atoms with Crippen molar-refractivity contribution < 1.29 is 0 Å². The molecule has 2 rings (SSSR count). The zero-order valence-electron chi connectivity index (χ0n) is 8.65. The third kappa shape index (κ3) is 1.75. The van der Waals surface area contributed by atoms with E-state index >= 15 is 0 Å². The molecule has 0 spiro atoms. The second-order valence-corrected chi connectivity index (χ2v) is 4.80. The van der Waals surface area contributed by atoms with E-state index in [4.69, 9.17) is 24.4 Å². The van der Waals surface area contributed by atoms with Crippen LogP contribution in [-0.2, 0) is 0 Å². The van der Waals surface area contributed by atoms with Crippen LogP contribution in [0.2, 0.25) is 0 Å². The van der Waals surface area contributed by atoms with Gasteiger partial charge in [0.1, 0.15) is 4.99 Å². The monoisotopic (exact) mass is 236 g/mol. The second kappa shape index (κ2) is 3.54. The molecule has 0 amide bonds. The Morgan fingerprint density at radius 2 is 1.73 bits per heavy atom. The van der Waals surface area contributed by atoms with Crippen LogP contribution < -0.4 is 10.2 Å².